The van der Waals surface area contributed by atoms with Crippen molar-refractivity contribution in [1.29, 1.82) is 0 Å². The molecule has 1 aromatic carbocycles. The maximum absolute atomic E-state index is 12.1. The van der Waals surface area contributed by atoms with Crippen molar-refractivity contribution in [2.24, 2.45) is 5.92 Å². The van der Waals surface area contributed by atoms with Crippen molar-refractivity contribution in [3.05, 3.63) is 30.5 Å². The fraction of sp³-hybridized carbons (Fsp3) is 0.500. The molecule has 24 heavy (non-hydrogen) atoms. The Hall–Kier alpha value is -1.82. The number of nitrogens with zero attached hydrogens (tertiary/aromatic N) is 3. The van der Waals surface area contributed by atoms with Crippen LogP contribution in [0, 0.1) is 5.92 Å². The largest absolute Gasteiger partial charge is 0.444 e. The number of amides is 1. The van der Waals surface area contributed by atoms with Gasteiger partial charge in [-0.3, -0.25) is 4.98 Å². The highest BCUT2D eigenvalue weighted by molar-refractivity contribution is 7.99. The summed E-state index contributed by atoms with van der Waals surface area (Å²) in [7, 11) is 0. The number of aromatic nitrogens is 2. The zero-order chi connectivity index (χ0) is 17.2. The molecule has 0 spiro atoms. The standard InChI is InChI=1S/C18H23N3O2S/c1-18(2,3)23-17(22)21-9-8-13(11-21)12-24-16-10-19-14-6-4-5-7-15(14)20-16/h4-7,10,13H,8-9,11-12H2,1-3H3/t13-/m0/s1. The van der Waals surface area contributed by atoms with Crippen molar-refractivity contribution < 1.29 is 9.53 Å². The molecule has 1 aliphatic rings. The molecule has 6 heteroatoms. The summed E-state index contributed by atoms with van der Waals surface area (Å²) in [5, 5.41) is 0.935. The summed E-state index contributed by atoms with van der Waals surface area (Å²) in [6, 6.07) is 7.88. The molecule has 128 valence electrons. The Morgan fingerprint density at radius 3 is 2.83 bits per heavy atom. The number of para-hydroxylation sites is 2. The van der Waals surface area contributed by atoms with E-state index in [1.807, 2.05) is 56.1 Å². The molecule has 5 nitrogen and oxygen atoms in total. The fourth-order valence-corrected chi connectivity index (χ4v) is 3.64. The van der Waals surface area contributed by atoms with E-state index in [0.717, 1.165) is 41.3 Å². The second kappa shape index (κ2) is 6.97. The van der Waals surface area contributed by atoms with Crippen molar-refractivity contribution in [3.8, 4) is 0 Å². The summed E-state index contributed by atoms with van der Waals surface area (Å²) in [5.41, 5.74) is 1.40. The molecule has 2 aromatic rings. The van der Waals surface area contributed by atoms with Gasteiger partial charge in [0, 0.05) is 18.8 Å². The van der Waals surface area contributed by atoms with Crippen molar-refractivity contribution >= 4 is 28.9 Å². The molecule has 1 aliphatic heterocycles. The lowest BCUT2D eigenvalue weighted by molar-refractivity contribution is 0.0289. The quantitative estimate of drug-likeness (QED) is 0.788. The van der Waals surface area contributed by atoms with Crippen LogP contribution >= 0.6 is 11.8 Å². The third-order valence-electron chi connectivity index (χ3n) is 3.83. The number of carbonyl (C=O) groups excluding carboxylic acids is 1. The first kappa shape index (κ1) is 17.0. The van der Waals surface area contributed by atoms with Gasteiger partial charge in [0.15, 0.2) is 0 Å². The Kier molecular flexibility index (Phi) is 4.94. The van der Waals surface area contributed by atoms with Crippen LogP contribution in [0.2, 0.25) is 0 Å². The Morgan fingerprint density at radius 1 is 1.33 bits per heavy atom. The van der Waals surface area contributed by atoms with Gasteiger partial charge in [-0.1, -0.05) is 12.1 Å². The topological polar surface area (TPSA) is 55.3 Å². The minimum Gasteiger partial charge on any atom is -0.444 e. The number of benzene rings is 1. The van der Waals surface area contributed by atoms with Crippen LogP contribution in [0.3, 0.4) is 0 Å². The van der Waals surface area contributed by atoms with Crippen LogP contribution in [0.25, 0.3) is 11.0 Å². The summed E-state index contributed by atoms with van der Waals surface area (Å²) < 4.78 is 5.44. The predicted octanol–water partition coefficient (Wildman–Crippen LogP) is 3.98. The van der Waals surface area contributed by atoms with E-state index in [0.29, 0.717) is 5.92 Å². The first-order chi connectivity index (χ1) is 11.4. The molecule has 1 amide bonds. The zero-order valence-corrected chi connectivity index (χ0v) is 15.2. The number of carbonyl (C=O) groups is 1. The van der Waals surface area contributed by atoms with Crippen LogP contribution in [0.15, 0.2) is 35.5 Å². The first-order valence-corrected chi connectivity index (χ1v) is 9.22. The summed E-state index contributed by atoms with van der Waals surface area (Å²) in [5.74, 6) is 1.41. The van der Waals surface area contributed by atoms with E-state index >= 15 is 0 Å². The van der Waals surface area contributed by atoms with Gasteiger partial charge in [0.05, 0.1) is 17.2 Å². The molecule has 0 N–H and O–H groups in total. The summed E-state index contributed by atoms with van der Waals surface area (Å²) in [6.45, 7) is 7.21. The van der Waals surface area contributed by atoms with E-state index in [1.165, 1.54) is 0 Å². The molecule has 0 radical (unpaired) electrons. The lowest BCUT2D eigenvalue weighted by Crippen LogP contribution is -2.35. The second-order valence-corrected chi connectivity index (χ2v) is 8.13. The van der Waals surface area contributed by atoms with Gasteiger partial charge in [-0.05, 0) is 45.2 Å². The molecule has 3 rings (SSSR count). The first-order valence-electron chi connectivity index (χ1n) is 8.23. The van der Waals surface area contributed by atoms with Crippen molar-refractivity contribution in [1.82, 2.24) is 14.9 Å². The molecular formula is C18H23N3O2S. The van der Waals surface area contributed by atoms with Gasteiger partial charge in [0.25, 0.3) is 0 Å². The van der Waals surface area contributed by atoms with Gasteiger partial charge in [0.1, 0.15) is 10.6 Å². The van der Waals surface area contributed by atoms with Gasteiger partial charge in [-0.25, -0.2) is 9.78 Å². The molecule has 1 atom stereocenters. The average Bonchev–Trinajstić information content (AvgIpc) is 3.00. The lowest BCUT2D eigenvalue weighted by Gasteiger charge is -2.24. The van der Waals surface area contributed by atoms with Gasteiger partial charge in [-0.15, -0.1) is 11.8 Å². The maximum atomic E-state index is 12.1. The van der Waals surface area contributed by atoms with Crippen LogP contribution in [0.4, 0.5) is 4.79 Å². The van der Waals surface area contributed by atoms with Crippen LogP contribution in [0.5, 0.6) is 0 Å². The molecule has 0 aliphatic carbocycles. The number of fused-ring (bicyclic) bond motifs is 1. The molecule has 2 heterocycles. The number of hydrogen-bond donors (Lipinski definition) is 0. The van der Waals surface area contributed by atoms with Crippen molar-refractivity contribution in [2.45, 2.75) is 37.8 Å². The Morgan fingerprint density at radius 2 is 2.08 bits per heavy atom. The van der Waals surface area contributed by atoms with Crippen molar-refractivity contribution in [2.75, 3.05) is 18.8 Å². The Bertz CT molecular complexity index is 730. The average molecular weight is 345 g/mol. The highest BCUT2D eigenvalue weighted by Crippen LogP contribution is 2.26. The normalized spacial score (nSPS) is 18.1. The third kappa shape index (κ3) is 4.38. The summed E-state index contributed by atoms with van der Waals surface area (Å²) in [6.07, 6.45) is 2.63. The minimum atomic E-state index is -0.440. The Labute approximate surface area is 146 Å². The molecular weight excluding hydrogens is 322 g/mol. The van der Waals surface area contributed by atoms with Gasteiger partial charge in [-0.2, -0.15) is 0 Å². The summed E-state index contributed by atoms with van der Waals surface area (Å²) >= 11 is 1.71. The number of ether oxygens (including phenoxy) is 1. The number of hydrogen-bond acceptors (Lipinski definition) is 5. The monoisotopic (exact) mass is 345 g/mol. The highest BCUT2D eigenvalue weighted by Gasteiger charge is 2.29. The number of rotatable bonds is 3. The Balaban J connectivity index is 1.53. The van der Waals surface area contributed by atoms with E-state index < -0.39 is 5.60 Å². The molecule has 1 fully saturated rings. The lowest BCUT2D eigenvalue weighted by atomic mass is 10.2. The number of thioether (sulfide) groups is 1. The molecule has 0 bridgehead atoms. The van der Waals surface area contributed by atoms with E-state index in [4.69, 9.17) is 4.74 Å². The van der Waals surface area contributed by atoms with E-state index in [1.54, 1.807) is 11.8 Å². The molecule has 0 unspecified atom stereocenters. The maximum Gasteiger partial charge on any atom is 0.410 e. The van der Waals surface area contributed by atoms with Crippen LogP contribution < -0.4 is 0 Å². The predicted molar refractivity (Wildman–Crippen MR) is 96.2 cm³/mol. The fourth-order valence-electron chi connectivity index (χ4n) is 2.67. The van der Waals surface area contributed by atoms with E-state index in [9.17, 15) is 4.79 Å². The van der Waals surface area contributed by atoms with E-state index in [2.05, 4.69) is 9.97 Å². The smallest absolute Gasteiger partial charge is 0.410 e. The highest BCUT2D eigenvalue weighted by atomic mass is 32.2. The minimum absolute atomic E-state index is 0.208. The SMILES string of the molecule is CC(C)(C)OC(=O)N1CC[C@H](CSc2cnc3ccccc3n2)C1. The van der Waals surface area contributed by atoms with Gasteiger partial charge < -0.3 is 9.64 Å². The van der Waals surface area contributed by atoms with Crippen LogP contribution in [-0.2, 0) is 4.74 Å². The number of likely N-dealkylation sites (tertiary alicyclic amines) is 1. The van der Waals surface area contributed by atoms with Crippen LogP contribution in [-0.4, -0.2) is 45.4 Å². The van der Waals surface area contributed by atoms with E-state index in [-0.39, 0.29) is 6.09 Å². The van der Waals surface area contributed by atoms with Crippen molar-refractivity contribution in [3.63, 3.8) is 0 Å². The molecule has 1 aromatic heterocycles. The second-order valence-electron chi connectivity index (χ2n) is 7.09. The van der Waals surface area contributed by atoms with Crippen LogP contribution in [0.1, 0.15) is 27.2 Å². The molecule has 1 saturated heterocycles. The van der Waals surface area contributed by atoms with Gasteiger partial charge in [0.2, 0.25) is 0 Å². The third-order valence-corrected chi connectivity index (χ3v) is 4.96. The van der Waals surface area contributed by atoms with Gasteiger partial charge >= 0.3 is 6.09 Å². The zero-order valence-electron chi connectivity index (χ0n) is 14.4. The molecule has 0 saturated carbocycles. The summed E-state index contributed by atoms with van der Waals surface area (Å²) in [4.78, 5) is 23.0.